The molecule has 27 heavy (non-hydrogen) atoms. The van der Waals surface area contributed by atoms with Crippen LogP contribution in [0.2, 0.25) is 0 Å². The number of benzene rings is 1. The molecule has 9 heteroatoms. The van der Waals surface area contributed by atoms with Crippen molar-refractivity contribution in [3.8, 4) is 0 Å². The maximum absolute atomic E-state index is 12.7. The predicted molar refractivity (Wildman–Crippen MR) is 99.0 cm³/mol. The fourth-order valence-corrected chi connectivity index (χ4v) is 4.38. The predicted octanol–water partition coefficient (Wildman–Crippen LogP) is 1.65. The summed E-state index contributed by atoms with van der Waals surface area (Å²) in [5.41, 5.74) is 6.48. The van der Waals surface area contributed by atoms with Crippen molar-refractivity contribution in [2.45, 2.75) is 25.7 Å². The van der Waals surface area contributed by atoms with Gasteiger partial charge in [-0.15, -0.1) is 11.3 Å². The number of nitrogens with two attached hydrogens (primary N) is 1. The molecule has 0 saturated carbocycles. The van der Waals surface area contributed by atoms with Gasteiger partial charge >= 0.3 is 0 Å². The Labute approximate surface area is 159 Å². The van der Waals surface area contributed by atoms with Crippen molar-refractivity contribution in [3.63, 3.8) is 0 Å². The van der Waals surface area contributed by atoms with Crippen LogP contribution in [0.5, 0.6) is 0 Å². The van der Waals surface area contributed by atoms with Crippen molar-refractivity contribution >= 4 is 33.4 Å². The molecule has 3 heterocycles. The number of hydrogen-bond donors (Lipinski definition) is 1. The molecule has 140 valence electrons. The summed E-state index contributed by atoms with van der Waals surface area (Å²) in [6.07, 6.45) is 0.904. The van der Waals surface area contributed by atoms with Crippen molar-refractivity contribution < 1.29 is 14.1 Å². The van der Waals surface area contributed by atoms with Gasteiger partial charge in [0.1, 0.15) is 0 Å². The average molecular weight is 385 g/mol. The van der Waals surface area contributed by atoms with E-state index in [1.54, 1.807) is 23.2 Å². The summed E-state index contributed by atoms with van der Waals surface area (Å²) in [5.74, 6) is -0.505. The molecule has 1 aliphatic heterocycles. The molecule has 0 bridgehead atoms. The van der Waals surface area contributed by atoms with Gasteiger partial charge in [-0.3, -0.25) is 9.59 Å². The van der Waals surface area contributed by atoms with Crippen LogP contribution in [-0.2, 0) is 16.0 Å². The Bertz CT molecular complexity index is 965. The third-order valence-electron chi connectivity index (χ3n) is 4.79. The van der Waals surface area contributed by atoms with Crippen LogP contribution in [0.25, 0.3) is 10.2 Å². The van der Waals surface area contributed by atoms with E-state index in [1.165, 1.54) is 0 Å². The Morgan fingerprint density at radius 2 is 2.11 bits per heavy atom. The highest BCUT2D eigenvalue weighted by Gasteiger charge is 2.42. The molecule has 0 spiro atoms. The topological polar surface area (TPSA) is 115 Å². The first-order valence-electron chi connectivity index (χ1n) is 8.73. The van der Waals surface area contributed by atoms with E-state index in [4.69, 9.17) is 10.3 Å². The number of rotatable bonds is 5. The lowest BCUT2D eigenvalue weighted by atomic mass is 9.95. The average Bonchev–Trinajstić information content (AvgIpc) is 3.36. The Kier molecular flexibility index (Phi) is 4.61. The van der Waals surface area contributed by atoms with Gasteiger partial charge in [0.15, 0.2) is 5.82 Å². The van der Waals surface area contributed by atoms with Gasteiger partial charge in [-0.25, -0.2) is 4.98 Å². The largest absolute Gasteiger partial charge is 0.369 e. The number of fused-ring (bicyclic) bond motifs is 1. The second kappa shape index (κ2) is 7.07. The molecule has 8 nitrogen and oxygen atoms in total. The minimum absolute atomic E-state index is 0.0285. The molecule has 0 radical (unpaired) electrons. The summed E-state index contributed by atoms with van der Waals surface area (Å²) in [5, 5.41) is 4.70. The number of aryl methyl sites for hydroxylation is 2. The van der Waals surface area contributed by atoms with E-state index in [2.05, 4.69) is 15.1 Å². The molecule has 3 aromatic rings. The third kappa shape index (κ3) is 3.55. The number of carbonyl (C=O) groups excluding carboxylic acids is 2. The summed E-state index contributed by atoms with van der Waals surface area (Å²) in [7, 11) is 0. The molecule has 2 N–H and O–H groups in total. The van der Waals surface area contributed by atoms with E-state index < -0.39 is 11.8 Å². The maximum Gasteiger partial charge on any atom is 0.232 e. The molecular formula is C18H19N5O3S. The second-order valence-electron chi connectivity index (χ2n) is 6.67. The van der Waals surface area contributed by atoms with Crippen molar-refractivity contribution in [2.24, 2.45) is 11.7 Å². The first-order valence-corrected chi connectivity index (χ1v) is 9.54. The fourth-order valence-electron chi connectivity index (χ4n) is 3.41. The Hall–Kier alpha value is -2.81. The highest BCUT2D eigenvalue weighted by molar-refractivity contribution is 7.18. The van der Waals surface area contributed by atoms with E-state index in [1.807, 2.05) is 24.3 Å². The first kappa shape index (κ1) is 17.6. The van der Waals surface area contributed by atoms with Crippen molar-refractivity contribution in [2.75, 3.05) is 13.1 Å². The monoisotopic (exact) mass is 385 g/mol. The number of primary amides is 1. The van der Waals surface area contributed by atoms with E-state index in [9.17, 15) is 9.59 Å². The van der Waals surface area contributed by atoms with Crippen LogP contribution >= 0.6 is 11.3 Å². The molecule has 0 unspecified atom stereocenters. The van der Waals surface area contributed by atoms with Crippen LogP contribution in [0, 0.1) is 12.8 Å². The first-order chi connectivity index (χ1) is 13.0. The quantitative estimate of drug-likeness (QED) is 0.714. The Morgan fingerprint density at radius 1 is 1.30 bits per heavy atom. The lowest BCUT2D eigenvalue weighted by Crippen LogP contribution is -2.32. The van der Waals surface area contributed by atoms with Gasteiger partial charge in [0, 0.05) is 25.9 Å². The zero-order chi connectivity index (χ0) is 19.0. The van der Waals surface area contributed by atoms with Crippen LogP contribution in [0.4, 0.5) is 0 Å². The Morgan fingerprint density at radius 3 is 2.81 bits per heavy atom. The fraction of sp³-hybridized carbons (Fsp3) is 0.389. The zero-order valence-electron chi connectivity index (χ0n) is 14.8. The molecule has 4 rings (SSSR count). The van der Waals surface area contributed by atoms with Crippen molar-refractivity contribution in [1.82, 2.24) is 20.0 Å². The number of hydrogen-bond acceptors (Lipinski definition) is 7. The summed E-state index contributed by atoms with van der Waals surface area (Å²) >= 11 is 1.60. The van der Waals surface area contributed by atoms with Crippen LogP contribution in [0.1, 0.15) is 29.1 Å². The summed E-state index contributed by atoms with van der Waals surface area (Å²) in [6, 6.07) is 7.91. The van der Waals surface area contributed by atoms with Crippen molar-refractivity contribution in [3.05, 3.63) is 41.0 Å². The normalized spacial score (nSPS) is 19.7. The smallest absolute Gasteiger partial charge is 0.232 e. The molecule has 0 aliphatic carbocycles. The molecule has 2 amide bonds. The number of carbonyl (C=O) groups is 2. The van der Waals surface area contributed by atoms with Gasteiger partial charge in [-0.1, -0.05) is 17.3 Å². The Balaban J connectivity index is 1.43. The molecule has 1 fully saturated rings. The second-order valence-corrected chi connectivity index (χ2v) is 7.78. The minimum Gasteiger partial charge on any atom is -0.369 e. The standard InChI is InChI=1S/C18H19N5O3S/c1-10-20-18(26-22-10)12-9-23(8-11(12)17(19)25)16(24)7-6-15-21-13-4-2-3-5-14(13)27-15/h2-5,11-12H,6-9H2,1H3,(H2,19,25)/t11-,12-/m1/s1. The van der Waals surface area contributed by atoms with E-state index in [0.29, 0.717) is 31.1 Å². The number of thiazole rings is 1. The van der Waals surface area contributed by atoms with Crippen molar-refractivity contribution in [1.29, 1.82) is 0 Å². The van der Waals surface area contributed by atoms with E-state index in [-0.39, 0.29) is 18.4 Å². The summed E-state index contributed by atoms with van der Waals surface area (Å²) in [6.45, 7) is 2.34. The van der Waals surface area contributed by atoms with Gasteiger partial charge in [0.05, 0.1) is 27.1 Å². The van der Waals surface area contributed by atoms with Crippen LogP contribution < -0.4 is 5.73 Å². The molecule has 1 aromatic carbocycles. The van der Waals surface area contributed by atoms with E-state index in [0.717, 1.165) is 15.2 Å². The molecule has 2 aromatic heterocycles. The molecule has 1 aliphatic rings. The number of aromatic nitrogens is 3. The maximum atomic E-state index is 12.7. The third-order valence-corrected chi connectivity index (χ3v) is 5.89. The van der Waals surface area contributed by atoms with E-state index >= 15 is 0 Å². The van der Waals surface area contributed by atoms with Gasteiger partial charge in [-0.2, -0.15) is 4.98 Å². The number of nitrogens with zero attached hydrogens (tertiary/aromatic N) is 4. The molecular weight excluding hydrogens is 366 g/mol. The van der Waals surface area contributed by atoms with Gasteiger partial charge in [0.25, 0.3) is 0 Å². The molecule has 2 atom stereocenters. The van der Waals surface area contributed by atoms with Crippen LogP contribution in [0.3, 0.4) is 0 Å². The summed E-state index contributed by atoms with van der Waals surface area (Å²) in [4.78, 5) is 34.9. The number of likely N-dealkylation sites (tertiary alicyclic amines) is 1. The van der Waals surface area contributed by atoms with Crippen LogP contribution in [0.15, 0.2) is 28.8 Å². The lowest BCUT2D eigenvalue weighted by molar-refractivity contribution is -0.130. The number of amides is 2. The van der Waals surface area contributed by atoms with Gasteiger partial charge in [-0.05, 0) is 19.1 Å². The highest BCUT2D eigenvalue weighted by atomic mass is 32.1. The SMILES string of the molecule is Cc1noc([C@@H]2CN(C(=O)CCc3nc4ccccc4s3)C[C@H]2C(N)=O)n1. The minimum atomic E-state index is -0.517. The highest BCUT2D eigenvalue weighted by Crippen LogP contribution is 2.32. The van der Waals surface area contributed by atoms with Gasteiger partial charge in [0.2, 0.25) is 17.7 Å². The summed E-state index contributed by atoms with van der Waals surface area (Å²) < 4.78 is 6.32. The zero-order valence-corrected chi connectivity index (χ0v) is 15.6. The molecule has 1 saturated heterocycles. The van der Waals surface area contributed by atoms with Crippen LogP contribution in [-0.4, -0.2) is 44.9 Å². The number of para-hydroxylation sites is 1. The van der Waals surface area contributed by atoms with Gasteiger partial charge < -0.3 is 15.2 Å². The lowest BCUT2D eigenvalue weighted by Gasteiger charge is -2.15.